The average Bonchev–Trinajstić information content (AvgIpc) is 2.63. The van der Waals surface area contributed by atoms with Crippen LogP contribution in [0.3, 0.4) is 0 Å². The van der Waals surface area contributed by atoms with Crippen molar-refractivity contribution in [1.82, 2.24) is 19.7 Å². The molecule has 3 heterocycles. The molecule has 1 aromatic heterocycles. The van der Waals surface area contributed by atoms with Crippen molar-refractivity contribution in [2.24, 2.45) is 0 Å². The summed E-state index contributed by atoms with van der Waals surface area (Å²) in [4.78, 5) is 33.6. The number of piperazine rings is 1. The monoisotopic (exact) mass is 384 g/mol. The quantitative estimate of drug-likeness (QED) is 0.796. The minimum absolute atomic E-state index is 0.145. The lowest BCUT2D eigenvalue weighted by Gasteiger charge is -2.42. The Bertz CT molecular complexity index is 685. The second kappa shape index (κ2) is 7.84. The van der Waals surface area contributed by atoms with Gasteiger partial charge in [0.2, 0.25) is 5.91 Å². The molecule has 2 aliphatic rings. The number of pyridine rings is 1. The first-order chi connectivity index (χ1) is 12.7. The van der Waals surface area contributed by atoms with E-state index in [0.717, 1.165) is 10.5 Å². The molecule has 0 saturated carbocycles. The van der Waals surface area contributed by atoms with E-state index in [1.165, 1.54) is 0 Å². The summed E-state index contributed by atoms with van der Waals surface area (Å²) in [7, 11) is 0. The van der Waals surface area contributed by atoms with Crippen molar-refractivity contribution in [2.75, 3.05) is 39.3 Å². The summed E-state index contributed by atoms with van der Waals surface area (Å²) in [5, 5.41) is 0. The lowest BCUT2D eigenvalue weighted by molar-refractivity contribution is -0.168. The third-order valence-electron chi connectivity index (χ3n) is 5.05. The molecule has 9 heteroatoms. The molecule has 1 unspecified atom stereocenters. The summed E-state index contributed by atoms with van der Waals surface area (Å²) in [5.74, 6) is -0.623. The predicted molar refractivity (Wildman–Crippen MR) is 92.1 cm³/mol. The Labute approximate surface area is 155 Å². The van der Waals surface area contributed by atoms with E-state index >= 15 is 0 Å². The average molecular weight is 384 g/mol. The zero-order valence-corrected chi connectivity index (χ0v) is 15.2. The van der Waals surface area contributed by atoms with Gasteiger partial charge in [0.1, 0.15) is 12.2 Å². The minimum Gasteiger partial charge on any atom is -0.335 e. The van der Waals surface area contributed by atoms with E-state index in [-0.39, 0.29) is 12.5 Å². The fraction of sp³-hybridized carbons (Fsp3) is 0.611. The van der Waals surface area contributed by atoms with Gasteiger partial charge in [0.05, 0.1) is 6.04 Å². The summed E-state index contributed by atoms with van der Waals surface area (Å²) in [5.41, 5.74) is 1.34. The smallest absolute Gasteiger partial charge is 0.335 e. The zero-order valence-electron chi connectivity index (χ0n) is 15.2. The number of piperidine rings is 1. The number of carbonyl (C=O) groups is 2. The molecule has 0 N–H and O–H groups in total. The highest BCUT2D eigenvalue weighted by molar-refractivity contribution is 5.92. The molecule has 2 saturated heterocycles. The molecule has 0 spiro atoms. The van der Waals surface area contributed by atoms with Crippen LogP contribution in [-0.2, 0) is 4.79 Å². The lowest BCUT2D eigenvalue weighted by atomic mass is 10.0. The van der Waals surface area contributed by atoms with Gasteiger partial charge < -0.3 is 9.80 Å². The second-order valence-corrected chi connectivity index (χ2v) is 7.08. The maximum absolute atomic E-state index is 12.7. The van der Waals surface area contributed by atoms with Gasteiger partial charge in [-0.05, 0) is 31.4 Å². The Morgan fingerprint density at radius 3 is 2.48 bits per heavy atom. The van der Waals surface area contributed by atoms with E-state index in [9.17, 15) is 22.8 Å². The summed E-state index contributed by atoms with van der Waals surface area (Å²) in [6, 6.07) is 2.98. The molecule has 3 rings (SSSR count). The molecule has 148 valence electrons. The standard InChI is InChI=1S/C18H23F3N4O2/c1-13-4-5-14(22-11-13)16(26)24-9-7-23(8-10-24)15-3-2-6-25(17(15)27)12-18(19,20)21/h4-5,11,15H,2-3,6-10,12H2,1H3. The molecule has 6 nitrogen and oxygen atoms in total. The van der Waals surface area contributed by atoms with E-state index in [0.29, 0.717) is 44.7 Å². The van der Waals surface area contributed by atoms with Gasteiger partial charge in [-0.2, -0.15) is 13.2 Å². The van der Waals surface area contributed by atoms with E-state index < -0.39 is 24.7 Å². The number of rotatable bonds is 3. The van der Waals surface area contributed by atoms with Crippen LogP contribution in [0.4, 0.5) is 13.2 Å². The fourth-order valence-electron chi connectivity index (χ4n) is 3.63. The van der Waals surface area contributed by atoms with Crippen molar-refractivity contribution in [3.8, 4) is 0 Å². The van der Waals surface area contributed by atoms with Crippen LogP contribution in [0.2, 0.25) is 0 Å². The number of likely N-dealkylation sites (tertiary alicyclic amines) is 1. The Morgan fingerprint density at radius 1 is 1.19 bits per heavy atom. The largest absolute Gasteiger partial charge is 0.406 e. The molecule has 2 fully saturated rings. The van der Waals surface area contributed by atoms with Gasteiger partial charge in [0.25, 0.3) is 5.91 Å². The maximum atomic E-state index is 12.7. The first-order valence-corrected chi connectivity index (χ1v) is 9.06. The molecule has 0 aromatic carbocycles. The topological polar surface area (TPSA) is 56.8 Å². The first-order valence-electron chi connectivity index (χ1n) is 9.06. The van der Waals surface area contributed by atoms with Crippen molar-refractivity contribution in [3.63, 3.8) is 0 Å². The molecular formula is C18H23F3N4O2. The molecule has 0 bridgehead atoms. The molecular weight excluding hydrogens is 361 g/mol. The van der Waals surface area contributed by atoms with Crippen LogP contribution >= 0.6 is 0 Å². The van der Waals surface area contributed by atoms with Crippen molar-refractivity contribution in [2.45, 2.75) is 32.0 Å². The molecule has 2 amide bonds. The van der Waals surface area contributed by atoms with Crippen LogP contribution in [0.1, 0.15) is 28.9 Å². The van der Waals surface area contributed by atoms with Gasteiger partial charge in [-0.15, -0.1) is 0 Å². The van der Waals surface area contributed by atoms with Gasteiger partial charge in [0.15, 0.2) is 0 Å². The summed E-state index contributed by atoms with van der Waals surface area (Å²) >= 11 is 0. The predicted octanol–water partition coefficient (Wildman–Crippen LogP) is 1.70. The summed E-state index contributed by atoms with van der Waals surface area (Å²) in [6.07, 6.45) is -1.64. The van der Waals surface area contributed by atoms with Gasteiger partial charge in [-0.25, -0.2) is 0 Å². The van der Waals surface area contributed by atoms with Crippen molar-refractivity contribution < 1.29 is 22.8 Å². The number of amides is 2. The number of hydrogen-bond donors (Lipinski definition) is 0. The van der Waals surface area contributed by atoms with Gasteiger partial charge in [-0.3, -0.25) is 19.5 Å². The number of carbonyl (C=O) groups excluding carboxylic acids is 2. The third-order valence-corrected chi connectivity index (χ3v) is 5.05. The van der Waals surface area contributed by atoms with Crippen molar-refractivity contribution in [3.05, 3.63) is 29.6 Å². The molecule has 0 aliphatic carbocycles. The van der Waals surface area contributed by atoms with Crippen LogP contribution in [0.15, 0.2) is 18.3 Å². The normalized spacial score (nSPS) is 22.2. The molecule has 1 atom stereocenters. The van der Waals surface area contributed by atoms with Gasteiger partial charge in [0, 0.05) is 38.9 Å². The summed E-state index contributed by atoms with van der Waals surface area (Å²) in [6.45, 7) is 2.63. The minimum atomic E-state index is -4.39. The number of nitrogens with zero attached hydrogens (tertiary/aromatic N) is 4. The Morgan fingerprint density at radius 2 is 1.89 bits per heavy atom. The summed E-state index contributed by atoms with van der Waals surface area (Å²) < 4.78 is 38.0. The van der Waals surface area contributed by atoms with Gasteiger partial charge in [-0.1, -0.05) is 6.07 Å². The van der Waals surface area contributed by atoms with E-state index in [4.69, 9.17) is 0 Å². The maximum Gasteiger partial charge on any atom is 0.406 e. The number of halogens is 3. The van der Waals surface area contributed by atoms with E-state index in [1.54, 1.807) is 17.2 Å². The first kappa shape index (κ1) is 19.6. The van der Waals surface area contributed by atoms with Crippen molar-refractivity contribution >= 4 is 11.8 Å². The highest BCUT2D eigenvalue weighted by atomic mass is 19.4. The lowest BCUT2D eigenvalue weighted by Crippen LogP contribution is -2.59. The molecule has 2 aliphatic heterocycles. The van der Waals surface area contributed by atoms with Crippen LogP contribution in [0, 0.1) is 6.92 Å². The molecule has 0 radical (unpaired) electrons. The zero-order chi connectivity index (χ0) is 19.6. The highest BCUT2D eigenvalue weighted by Crippen LogP contribution is 2.24. The Kier molecular flexibility index (Phi) is 5.69. The third kappa shape index (κ3) is 4.77. The van der Waals surface area contributed by atoms with Crippen LogP contribution in [0.25, 0.3) is 0 Å². The van der Waals surface area contributed by atoms with E-state index in [1.807, 2.05) is 17.9 Å². The number of aryl methyl sites for hydroxylation is 1. The number of hydrogen-bond acceptors (Lipinski definition) is 4. The molecule has 27 heavy (non-hydrogen) atoms. The van der Waals surface area contributed by atoms with E-state index in [2.05, 4.69) is 4.98 Å². The van der Waals surface area contributed by atoms with Crippen molar-refractivity contribution in [1.29, 1.82) is 0 Å². The fourth-order valence-corrected chi connectivity index (χ4v) is 3.63. The number of alkyl halides is 3. The highest BCUT2D eigenvalue weighted by Gasteiger charge is 2.40. The number of aromatic nitrogens is 1. The Balaban J connectivity index is 1.57. The Hall–Kier alpha value is -2.16. The van der Waals surface area contributed by atoms with Crippen LogP contribution < -0.4 is 0 Å². The van der Waals surface area contributed by atoms with Gasteiger partial charge >= 0.3 is 6.18 Å². The second-order valence-electron chi connectivity index (χ2n) is 7.08. The van der Waals surface area contributed by atoms with Crippen LogP contribution in [0.5, 0.6) is 0 Å². The molecule has 1 aromatic rings. The SMILES string of the molecule is Cc1ccc(C(=O)N2CCN(C3CCCN(CC(F)(F)F)C3=O)CC2)nc1. The van der Waals surface area contributed by atoms with Crippen LogP contribution in [-0.4, -0.2) is 83.0 Å².